The molecule has 0 spiro atoms. The number of carbonyl (C=O) groups excluding carboxylic acids is 1. The maximum absolute atomic E-state index is 13.4. The second-order valence-electron chi connectivity index (χ2n) is 7.37. The average Bonchev–Trinajstić information content (AvgIpc) is 3.07. The summed E-state index contributed by atoms with van der Waals surface area (Å²) in [4.78, 5) is 27.8. The normalized spacial score (nSPS) is 16.3. The summed E-state index contributed by atoms with van der Waals surface area (Å²) in [5.74, 6) is -0.107. The molecule has 9 nitrogen and oxygen atoms in total. The van der Waals surface area contributed by atoms with Crippen molar-refractivity contribution in [2.75, 3.05) is 36.8 Å². The number of amides is 1. The fourth-order valence-electron chi connectivity index (χ4n) is 3.13. The summed E-state index contributed by atoms with van der Waals surface area (Å²) in [7, 11) is 0. The Bertz CT molecular complexity index is 1040. The highest BCUT2D eigenvalue weighted by molar-refractivity contribution is 7.10. The number of anilines is 3. The molecule has 2 N–H and O–H groups in total. The molecule has 0 aromatic carbocycles. The molecule has 0 unspecified atom stereocenters. The molecule has 2 aliphatic heterocycles. The van der Waals surface area contributed by atoms with Crippen molar-refractivity contribution in [2.45, 2.75) is 25.6 Å². The van der Waals surface area contributed by atoms with Crippen molar-refractivity contribution in [2.24, 2.45) is 0 Å². The Morgan fingerprint density at radius 1 is 1.21 bits per heavy atom. The van der Waals surface area contributed by atoms with Crippen LogP contribution in [0.15, 0.2) is 36.4 Å². The van der Waals surface area contributed by atoms with Gasteiger partial charge in [-0.2, -0.15) is 18.2 Å². The zero-order valence-electron chi connectivity index (χ0n) is 17.5. The largest absolute Gasteiger partial charge is 0.471 e. The molecule has 2 aromatic heterocycles. The van der Waals surface area contributed by atoms with Crippen LogP contribution in [-0.2, 0) is 22.3 Å². The van der Waals surface area contributed by atoms with Gasteiger partial charge in [-0.15, -0.1) is 11.3 Å². The van der Waals surface area contributed by atoms with Crippen LogP contribution in [0.25, 0.3) is 0 Å². The molecule has 1 fully saturated rings. The maximum Gasteiger partial charge on any atom is 0.421 e. The van der Waals surface area contributed by atoms with Crippen molar-refractivity contribution >= 4 is 34.8 Å². The van der Waals surface area contributed by atoms with Crippen LogP contribution in [0.2, 0.25) is 0 Å². The van der Waals surface area contributed by atoms with Crippen LogP contribution < -0.4 is 10.6 Å². The number of alkyl halides is 3. The second kappa shape index (κ2) is 10.2. The topological polar surface area (TPSA) is 95.5 Å². The molecule has 176 valence electrons. The number of rotatable bonds is 9. The minimum atomic E-state index is -4.61. The van der Waals surface area contributed by atoms with E-state index in [1.165, 1.54) is 47.5 Å². The van der Waals surface area contributed by atoms with E-state index in [1.807, 2.05) is 0 Å². The summed E-state index contributed by atoms with van der Waals surface area (Å²) < 4.78 is 45.2. The first kappa shape index (κ1) is 23.0. The van der Waals surface area contributed by atoms with Gasteiger partial charge in [-0.05, 0) is 25.9 Å². The number of ether oxygens (including phenoxy) is 1. The predicted molar refractivity (Wildman–Crippen MR) is 117 cm³/mol. The lowest BCUT2D eigenvalue weighted by atomic mass is 10.2. The van der Waals surface area contributed by atoms with Crippen LogP contribution in [-0.4, -0.2) is 56.8 Å². The number of thiazole rings is 1. The van der Waals surface area contributed by atoms with E-state index in [9.17, 15) is 18.0 Å². The van der Waals surface area contributed by atoms with E-state index >= 15 is 0 Å². The van der Waals surface area contributed by atoms with Crippen LogP contribution in [0, 0.1) is 0 Å². The summed E-state index contributed by atoms with van der Waals surface area (Å²) in [6.07, 6.45) is 3.06. The molecule has 13 heteroatoms. The van der Waals surface area contributed by atoms with E-state index in [0.717, 1.165) is 30.8 Å². The van der Waals surface area contributed by atoms with Crippen LogP contribution in [0.3, 0.4) is 0 Å². The number of hydrogen-bond acceptors (Lipinski definition) is 9. The third-order valence-electron chi connectivity index (χ3n) is 4.95. The zero-order valence-corrected chi connectivity index (χ0v) is 18.3. The first-order valence-corrected chi connectivity index (χ1v) is 11.2. The Balaban J connectivity index is 1.38. The first-order valence-electron chi connectivity index (χ1n) is 10.3. The second-order valence-corrected chi connectivity index (χ2v) is 8.31. The SMILES string of the molecule is O=C1C=COC=CN1CCCNc1nc(Nc2csc(CN3CCC3)n2)ncc1C(F)(F)F. The molecule has 0 saturated carbocycles. The van der Waals surface area contributed by atoms with Crippen LogP contribution >= 0.6 is 11.3 Å². The Labute approximate surface area is 192 Å². The molecule has 0 aliphatic carbocycles. The maximum atomic E-state index is 13.4. The smallest absolute Gasteiger partial charge is 0.421 e. The van der Waals surface area contributed by atoms with Gasteiger partial charge in [0.1, 0.15) is 28.5 Å². The van der Waals surface area contributed by atoms with Crippen molar-refractivity contribution in [3.63, 3.8) is 0 Å². The van der Waals surface area contributed by atoms with Crippen molar-refractivity contribution in [3.05, 3.63) is 46.9 Å². The highest BCUT2D eigenvalue weighted by Crippen LogP contribution is 2.34. The summed E-state index contributed by atoms with van der Waals surface area (Å²) in [6, 6.07) is 0. The Morgan fingerprint density at radius 3 is 2.82 bits per heavy atom. The fourth-order valence-corrected chi connectivity index (χ4v) is 3.90. The number of aromatic nitrogens is 3. The number of likely N-dealkylation sites (tertiary alicyclic amines) is 1. The van der Waals surface area contributed by atoms with Crippen molar-refractivity contribution < 1.29 is 22.7 Å². The van der Waals surface area contributed by atoms with Crippen molar-refractivity contribution in [1.82, 2.24) is 24.8 Å². The van der Waals surface area contributed by atoms with Gasteiger partial charge in [0.05, 0.1) is 12.8 Å². The number of halogens is 3. The Kier molecular flexibility index (Phi) is 7.08. The highest BCUT2D eigenvalue weighted by Gasteiger charge is 2.35. The van der Waals surface area contributed by atoms with Gasteiger partial charge >= 0.3 is 6.18 Å². The lowest BCUT2D eigenvalue weighted by Crippen LogP contribution is -2.36. The van der Waals surface area contributed by atoms with Gasteiger partial charge in [-0.3, -0.25) is 9.69 Å². The molecule has 2 aliphatic rings. The lowest BCUT2D eigenvalue weighted by molar-refractivity contribution is -0.137. The predicted octanol–water partition coefficient (Wildman–Crippen LogP) is 3.55. The summed E-state index contributed by atoms with van der Waals surface area (Å²) in [5.41, 5.74) is -0.966. The number of hydrogen-bond donors (Lipinski definition) is 2. The van der Waals surface area contributed by atoms with E-state index in [0.29, 0.717) is 18.8 Å². The Hall–Kier alpha value is -3.19. The Morgan fingerprint density at radius 2 is 2.06 bits per heavy atom. The molecule has 0 bridgehead atoms. The molecule has 2 aromatic rings. The monoisotopic (exact) mass is 481 g/mol. The van der Waals surface area contributed by atoms with Gasteiger partial charge < -0.3 is 20.3 Å². The molecule has 0 radical (unpaired) electrons. The zero-order chi connectivity index (χ0) is 23.3. The van der Waals surface area contributed by atoms with Gasteiger partial charge in [0.2, 0.25) is 5.95 Å². The molecule has 4 rings (SSSR count). The van der Waals surface area contributed by atoms with E-state index in [-0.39, 0.29) is 24.2 Å². The number of nitrogens with zero attached hydrogens (tertiary/aromatic N) is 5. The van der Waals surface area contributed by atoms with Crippen molar-refractivity contribution in [1.29, 1.82) is 0 Å². The summed E-state index contributed by atoms with van der Waals surface area (Å²) in [6.45, 7) is 3.31. The molecule has 0 atom stereocenters. The van der Waals surface area contributed by atoms with Crippen LogP contribution in [0.1, 0.15) is 23.4 Å². The molecule has 33 heavy (non-hydrogen) atoms. The molecular formula is C20H22F3N7O2S. The summed E-state index contributed by atoms with van der Waals surface area (Å²) in [5, 5.41) is 8.29. The third kappa shape index (κ3) is 6.20. The fraction of sp³-hybridized carbons (Fsp3) is 0.400. The van der Waals surface area contributed by atoms with Gasteiger partial charge in [0.15, 0.2) is 0 Å². The van der Waals surface area contributed by atoms with E-state index in [1.54, 1.807) is 5.38 Å². The minimum absolute atomic E-state index is 0.0132. The minimum Gasteiger partial charge on any atom is -0.471 e. The average molecular weight is 482 g/mol. The highest BCUT2D eigenvalue weighted by atomic mass is 32.1. The third-order valence-corrected chi connectivity index (χ3v) is 5.79. The van der Waals surface area contributed by atoms with Crippen LogP contribution in [0.5, 0.6) is 0 Å². The first-order chi connectivity index (χ1) is 15.9. The standard InChI is InChI=1S/C20H22F3N7O2S/c21-20(22,23)14-11-25-19(27-15-13-33-16(26-15)12-29-5-2-6-29)28-18(14)24-4-1-7-30-8-10-32-9-3-17(30)31/h3,8-11,13H,1-2,4-7,12H2,(H2,24,25,27,28). The van der Waals surface area contributed by atoms with Crippen LogP contribution in [0.4, 0.5) is 30.8 Å². The van der Waals surface area contributed by atoms with Gasteiger partial charge in [-0.1, -0.05) is 0 Å². The number of nitrogens with one attached hydrogen (secondary N) is 2. The molecule has 1 saturated heterocycles. The molecule has 1 amide bonds. The molecule has 4 heterocycles. The lowest BCUT2D eigenvalue weighted by Gasteiger charge is -2.29. The number of carbonyl (C=O) groups is 1. The summed E-state index contributed by atoms with van der Waals surface area (Å²) >= 11 is 1.47. The van der Waals surface area contributed by atoms with Gasteiger partial charge in [0.25, 0.3) is 5.91 Å². The van der Waals surface area contributed by atoms with E-state index < -0.39 is 11.7 Å². The van der Waals surface area contributed by atoms with E-state index in [4.69, 9.17) is 4.74 Å². The quantitative estimate of drug-likeness (QED) is 0.525. The molecular weight excluding hydrogens is 459 g/mol. The van der Waals surface area contributed by atoms with E-state index in [2.05, 4.69) is 30.5 Å². The van der Waals surface area contributed by atoms with Crippen molar-refractivity contribution in [3.8, 4) is 0 Å². The van der Waals surface area contributed by atoms with Gasteiger partial charge in [0, 0.05) is 36.9 Å². The van der Waals surface area contributed by atoms with Gasteiger partial charge in [-0.25, -0.2) is 9.97 Å².